The van der Waals surface area contributed by atoms with Gasteiger partial charge in [0.05, 0.1) is 25.5 Å². The molecule has 0 fully saturated rings. The summed E-state index contributed by atoms with van der Waals surface area (Å²) in [6.45, 7) is 0.0787. The molecule has 1 heterocycles. The molecular formula is C15H13NO4. The van der Waals surface area contributed by atoms with E-state index < -0.39 is 0 Å². The Balaban J connectivity index is 2.02. The Hall–Kier alpha value is -2.78. The first-order valence-electron chi connectivity index (χ1n) is 5.94. The van der Waals surface area contributed by atoms with Crippen LogP contribution >= 0.6 is 0 Å². The molecule has 0 aliphatic heterocycles. The molecule has 0 saturated heterocycles. The Morgan fingerprint density at radius 2 is 2.05 bits per heavy atom. The highest BCUT2D eigenvalue weighted by Gasteiger charge is 2.10. The van der Waals surface area contributed by atoms with E-state index in [0.29, 0.717) is 16.9 Å². The van der Waals surface area contributed by atoms with Crippen molar-refractivity contribution < 1.29 is 18.7 Å². The molecule has 0 bridgehead atoms. The quantitative estimate of drug-likeness (QED) is 0.844. The van der Waals surface area contributed by atoms with E-state index in [1.165, 1.54) is 6.26 Å². The molecule has 0 radical (unpaired) electrons. The predicted octanol–water partition coefficient (Wildman–Crippen LogP) is 1.93. The summed E-state index contributed by atoms with van der Waals surface area (Å²) in [5.41, 5.74) is 1.04. The molecule has 1 N–H and O–H groups in total. The molecular weight excluding hydrogens is 258 g/mol. The lowest BCUT2D eigenvalue weighted by atomic mass is 10.1. The molecule has 20 heavy (non-hydrogen) atoms. The van der Waals surface area contributed by atoms with Crippen LogP contribution in [0, 0.1) is 0 Å². The molecule has 0 atom stereocenters. The molecule has 5 nitrogen and oxygen atoms in total. The SMILES string of the molecule is COc1ccc(C(=C=O)CNC(=O)c2ccco2)cc1. The maximum absolute atomic E-state index is 11.7. The highest BCUT2D eigenvalue weighted by molar-refractivity contribution is 5.95. The van der Waals surface area contributed by atoms with Gasteiger partial charge in [-0.3, -0.25) is 4.79 Å². The first-order valence-corrected chi connectivity index (χ1v) is 5.94. The van der Waals surface area contributed by atoms with Gasteiger partial charge in [-0.25, -0.2) is 4.79 Å². The number of amides is 1. The first kappa shape index (κ1) is 13.6. The van der Waals surface area contributed by atoms with Gasteiger partial charge < -0.3 is 14.5 Å². The van der Waals surface area contributed by atoms with Gasteiger partial charge in [0, 0.05) is 0 Å². The van der Waals surface area contributed by atoms with Crippen LogP contribution in [-0.2, 0) is 4.79 Å². The fourth-order valence-corrected chi connectivity index (χ4v) is 1.65. The second-order valence-electron chi connectivity index (χ2n) is 3.97. The van der Waals surface area contributed by atoms with Crippen molar-refractivity contribution in [3.05, 3.63) is 54.0 Å². The summed E-state index contributed by atoms with van der Waals surface area (Å²) in [5, 5.41) is 2.60. The van der Waals surface area contributed by atoms with Gasteiger partial charge in [0.25, 0.3) is 5.91 Å². The van der Waals surface area contributed by atoms with Crippen molar-refractivity contribution in [1.82, 2.24) is 5.32 Å². The predicted molar refractivity (Wildman–Crippen MR) is 73.1 cm³/mol. The summed E-state index contributed by atoms with van der Waals surface area (Å²) < 4.78 is 10.0. The van der Waals surface area contributed by atoms with Crippen LogP contribution < -0.4 is 10.1 Å². The van der Waals surface area contributed by atoms with E-state index in [4.69, 9.17) is 9.15 Å². The van der Waals surface area contributed by atoms with Gasteiger partial charge in [-0.1, -0.05) is 12.1 Å². The number of rotatable bonds is 5. The second kappa shape index (κ2) is 6.41. The molecule has 0 aliphatic carbocycles. The molecule has 1 amide bonds. The highest BCUT2D eigenvalue weighted by atomic mass is 16.5. The number of furan rings is 1. The van der Waals surface area contributed by atoms with Crippen molar-refractivity contribution >= 4 is 17.4 Å². The van der Waals surface area contributed by atoms with Crippen molar-refractivity contribution in [3.63, 3.8) is 0 Å². The number of hydrogen-bond acceptors (Lipinski definition) is 4. The van der Waals surface area contributed by atoms with E-state index in [-0.39, 0.29) is 18.2 Å². The lowest BCUT2D eigenvalue weighted by Crippen LogP contribution is -2.25. The van der Waals surface area contributed by atoms with Crippen LogP contribution in [0.1, 0.15) is 16.1 Å². The topological polar surface area (TPSA) is 68.5 Å². The van der Waals surface area contributed by atoms with Crippen LogP contribution in [0.15, 0.2) is 47.1 Å². The van der Waals surface area contributed by atoms with Gasteiger partial charge in [0.2, 0.25) is 0 Å². The lowest BCUT2D eigenvalue weighted by Gasteiger charge is -2.06. The zero-order valence-electron chi connectivity index (χ0n) is 10.9. The molecule has 0 unspecified atom stereocenters. The molecule has 2 aromatic rings. The van der Waals surface area contributed by atoms with Gasteiger partial charge in [0.1, 0.15) is 11.7 Å². The molecule has 1 aromatic carbocycles. The Bertz CT molecular complexity index is 622. The van der Waals surface area contributed by atoms with Crippen molar-refractivity contribution in [2.24, 2.45) is 0 Å². The van der Waals surface area contributed by atoms with Gasteiger partial charge >= 0.3 is 0 Å². The van der Waals surface area contributed by atoms with Gasteiger partial charge in [-0.05, 0) is 29.8 Å². The summed E-state index contributed by atoms with van der Waals surface area (Å²) in [6, 6.07) is 10.1. The summed E-state index contributed by atoms with van der Waals surface area (Å²) in [7, 11) is 1.56. The number of carbonyl (C=O) groups is 1. The molecule has 0 aliphatic rings. The summed E-state index contributed by atoms with van der Waals surface area (Å²) in [4.78, 5) is 22.7. The average Bonchev–Trinajstić information content (AvgIpc) is 3.02. The number of methoxy groups -OCH3 is 1. The van der Waals surface area contributed by atoms with Crippen LogP contribution in [0.2, 0.25) is 0 Å². The third kappa shape index (κ3) is 3.16. The van der Waals surface area contributed by atoms with E-state index in [1.807, 2.05) is 5.94 Å². The van der Waals surface area contributed by atoms with E-state index in [9.17, 15) is 9.59 Å². The van der Waals surface area contributed by atoms with E-state index >= 15 is 0 Å². The number of carbonyl (C=O) groups excluding carboxylic acids is 2. The average molecular weight is 271 g/mol. The van der Waals surface area contributed by atoms with Crippen molar-refractivity contribution in [1.29, 1.82) is 0 Å². The Morgan fingerprint density at radius 1 is 1.30 bits per heavy atom. The summed E-state index contributed by atoms with van der Waals surface area (Å²) in [5.74, 6) is 2.35. The van der Waals surface area contributed by atoms with Crippen molar-refractivity contribution in [2.75, 3.05) is 13.7 Å². The van der Waals surface area contributed by atoms with Crippen LogP contribution in [-0.4, -0.2) is 25.5 Å². The van der Waals surface area contributed by atoms with Crippen molar-refractivity contribution in [2.45, 2.75) is 0 Å². The largest absolute Gasteiger partial charge is 0.497 e. The zero-order valence-corrected chi connectivity index (χ0v) is 10.9. The third-order valence-corrected chi connectivity index (χ3v) is 2.73. The minimum Gasteiger partial charge on any atom is -0.497 e. The molecule has 5 heteroatoms. The minimum absolute atomic E-state index is 0.0787. The first-order chi connectivity index (χ1) is 9.74. The lowest BCUT2D eigenvalue weighted by molar-refractivity contribution is 0.0931. The third-order valence-electron chi connectivity index (χ3n) is 2.73. The Labute approximate surface area is 115 Å². The van der Waals surface area contributed by atoms with Crippen LogP contribution in [0.4, 0.5) is 0 Å². The fourth-order valence-electron chi connectivity index (χ4n) is 1.65. The van der Waals surface area contributed by atoms with Gasteiger partial charge in [-0.15, -0.1) is 0 Å². The Kier molecular flexibility index (Phi) is 4.37. The normalized spacial score (nSPS) is 9.65. The van der Waals surface area contributed by atoms with Crippen LogP contribution in [0.25, 0.3) is 5.57 Å². The summed E-state index contributed by atoms with van der Waals surface area (Å²) in [6.07, 6.45) is 1.41. The van der Waals surface area contributed by atoms with Gasteiger partial charge in [-0.2, -0.15) is 0 Å². The maximum Gasteiger partial charge on any atom is 0.287 e. The van der Waals surface area contributed by atoms with Crippen molar-refractivity contribution in [3.8, 4) is 5.75 Å². The Morgan fingerprint density at radius 3 is 2.60 bits per heavy atom. The summed E-state index contributed by atoms with van der Waals surface area (Å²) >= 11 is 0. The second-order valence-corrected chi connectivity index (χ2v) is 3.97. The maximum atomic E-state index is 11.7. The molecule has 0 spiro atoms. The number of hydrogen-bond donors (Lipinski definition) is 1. The molecule has 2 rings (SSSR count). The zero-order chi connectivity index (χ0) is 14.4. The van der Waals surface area contributed by atoms with E-state index in [1.54, 1.807) is 43.5 Å². The molecule has 1 aromatic heterocycles. The highest BCUT2D eigenvalue weighted by Crippen LogP contribution is 2.16. The number of benzene rings is 1. The van der Waals surface area contributed by atoms with E-state index in [2.05, 4.69) is 5.32 Å². The van der Waals surface area contributed by atoms with Crippen LogP contribution in [0.3, 0.4) is 0 Å². The monoisotopic (exact) mass is 271 g/mol. The standard InChI is InChI=1S/C15H13NO4/c1-19-13-6-4-11(5-7-13)12(10-17)9-16-15(18)14-3-2-8-20-14/h2-8H,9H2,1H3,(H,16,18). The van der Waals surface area contributed by atoms with E-state index in [0.717, 1.165) is 0 Å². The smallest absolute Gasteiger partial charge is 0.287 e. The molecule has 102 valence electrons. The molecule has 0 saturated carbocycles. The number of nitrogens with one attached hydrogen (secondary N) is 1. The minimum atomic E-state index is -0.378. The number of ether oxygens (including phenoxy) is 1. The van der Waals surface area contributed by atoms with Gasteiger partial charge in [0.15, 0.2) is 5.76 Å². The van der Waals surface area contributed by atoms with Crippen LogP contribution in [0.5, 0.6) is 5.75 Å². The fraction of sp³-hybridized carbons (Fsp3) is 0.133.